The zero-order valence-corrected chi connectivity index (χ0v) is 12.2. The molecule has 1 aromatic carbocycles. The predicted molar refractivity (Wildman–Crippen MR) is 79.8 cm³/mol. The van der Waals surface area contributed by atoms with Crippen LogP contribution in [0.5, 0.6) is 0 Å². The molecule has 0 saturated carbocycles. The maximum absolute atomic E-state index is 13.6. The molecule has 0 spiro atoms. The van der Waals surface area contributed by atoms with Crippen LogP contribution in [0.15, 0.2) is 24.3 Å². The highest BCUT2D eigenvalue weighted by Crippen LogP contribution is 2.17. The Morgan fingerprint density at radius 2 is 2.11 bits per heavy atom. The van der Waals surface area contributed by atoms with E-state index in [9.17, 15) is 4.39 Å². The van der Waals surface area contributed by atoms with Crippen molar-refractivity contribution >= 4 is 11.8 Å². The van der Waals surface area contributed by atoms with Crippen molar-refractivity contribution in [2.45, 2.75) is 26.2 Å². The van der Waals surface area contributed by atoms with Gasteiger partial charge in [0.2, 0.25) is 0 Å². The van der Waals surface area contributed by atoms with E-state index in [-0.39, 0.29) is 5.82 Å². The first-order valence-electron chi connectivity index (χ1n) is 6.73. The summed E-state index contributed by atoms with van der Waals surface area (Å²) in [4.78, 5) is 0. The van der Waals surface area contributed by atoms with E-state index in [0.29, 0.717) is 5.92 Å². The topological polar surface area (TPSA) is 12.0 Å². The average Bonchev–Trinajstić information content (AvgIpc) is 2.37. The lowest BCUT2D eigenvalue weighted by atomic mass is 9.94. The molecule has 1 unspecified atom stereocenters. The summed E-state index contributed by atoms with van der Waals surface area (Å²) in [6.45, 7) is 3.15. The van der Waals surface area contributed by atoms with Gasteiger partial charge >= 0.3 is 0 Å². The molecule has 1 nitrogen and oxygen atoms in total. The quantitative estimate of drug-likeness (QED) is 0.685. The molecule has 0 aliphatic heterocycles. The molecule has 0 aliphatic rings. The third-order valence-electron chi connectivity index (χ3n) is 3.06. The molecule has 0 saturated heterocycles. The first-order chi connectivity index (χ1) is 8.77. The van der Waals surface area contributed by atoms with Crippen LogP contribution in [0.1, 0.15) is 25.3 Å². The summed E-state index contributed by atoms with van der Waals surface area (Å²) < 4.78 is 13.6. The number of rotatable bonds is 9. The van der Waals surface area contributed by atoms with Crippen LogP contribution in [-0.2, 0) is 6.42 Å². The van der Waals surface area contributed by atoms with Crippen LogP contribution in [0.2, 0.25) is 0 Å². The van der Waals surface area contributed by atoms with Gasteiger partial charge in [-0.25, -0.2) is 4.39 Å². The molecule has 0 heterocycles. The van der Waals surface area contributed by atoms with Gasteiger partial charge in [-0.05, 0) is 61.9 Å². The van der Waals surface area contributed by atoms with Crippen LogP contribution >= 0.6 is 11.8 Å². The zero-order chi connectivity index (χ0) is 13.2. The maximum Gasteiger partial charge on any atom is 0.126 e. The lowest BCUT2D eigenvalue weighted by molar-refractivity contribution is 0.448. The Bertz CT molecular complexity index is 330. The number of hydrogen-bond acceptors (Lipinski definition) is 2. The fourth-order valence-electron chi connectivity index (χ4n) is 2.16. The highest BCUT2D eigenvalue weighted by atomic mass is 32.2. The minimum Gasteiger partial charge on any atom is -0.319 e. The Kier molecular flexibility index (Phi) is 8.10. The third-order valence-corrected chi connectivity index (χ3v) is 4.05. The molecule has 0 radical (unpaired) electrons. The van der Waals surface area contributed by atoms with Gasteiger partial charge < -0.3 is 5.32 Å². The van der Waals surface area contributed by atoms with E-state index in [1.54, 1.807) is 12.1 Å². The van der Waals surface area contributed by atoms with Crippen LogP contribution in [0.25, 0.3) is 0 Å². The molecule has 18 heavy (non-hydrogen) atoms. The van der Waals surface area contributed by atoms with Crippen molar-refractivity contribution in [3.05, 3.63) is 35.6 Å². The van der Waals surface area contributed by atoms with Crippen LogP contribution in [0, 0.1) is 11.7 Å². The molecule has 0 fully saturated rings. The summed E-state index contributed by atoms with van der Waals surface area (Å²) in [6, 6.07) is 7.13. The standard InChI is InChI=1S/C15H24FNS/c1-3-18-10-6-7-13(12-17-2)11-14-8-4-5-9-15(14)16/h4-5,8-9,13,17H,3,6-7,10-12H2,1-2H3. The Morgan fingerprint density at radius 3 is 2.78 bits per heavy atom. The molecule has 1 atom stereocenters. The molecule has 1 aromatic rings. The summed E-state index contributed by atoms with van der Waals surface area (Å²) in [5, 5.41) is 3.22. The fourth-order valence-corrected chi connectivity index (χ4v) is 2.82. The summed E-state index contributed by atoms with van der Waals surface area (Å²) in [5.74, 6) is 2.86. The predicted octanol–water partition coefficient (Wildman–Crippen LogP) is 3.74. The maximum atomic E-state index is 13.6. The largest absolute Gasteiger partial charge is 0.319 e. The zero-order valence-electron chi connectivity index (χ0n) is 11.4. The van der Waals surface area contributed by atoms with Gasteiger partial charge in [0.15, 0.2) is 0 Å². The van der Waals surface area contributed by atoms with Gasteiger partial charge in [-0.1, -0.05) is 25.1 Å². The summed E-state index contributed by atoms with van der Waals surface area (Å²) in [6.07, 6.45) is 3.23. The van der Waals surface area contributed by atoms with E-state index in [4.69, 9.17) is 0 Å². The second-order valence-corrected chi connectivity index (χ2v) is 5.95. The van der Waals surface area contributed by atoms with Crippen molar-refractivity contribution in [1.29, 1.82) is 0 Å². The van der Waals surface area contributed by atoms with Crippen molar-refractivity contribution in [3.63, 3.8) is 0 Å². The van der Waals surface area contributed by atoms with E-state index < -0.39 is 0 Å². The highest BCUT2D eigenvalue weighted by molar-refractivity contribution is 7.99. The molecule has 0 amide bonds. The van der Waals surface area contributed by atoms with E-state index in [0.717, 1.165) is 18.5 Å². The van der Waals surface area contributed by atoms with Gasteiger partial charge in [0.05, 0.1) is 0 Å². The lowest BCUT2D eigenvalue weighted by Crippen LogP contribution is -2.21. The molecule has 0 aromatic heterocycles. The molecular formula is C15H24FNS. The summed E-state index contributed by atoms with van der Waals surface area (Å²) in [7, 11) is 1.97. The Balaban J connectivity index is 2.44. The molecule has 0 bridgehead atoms. The van der Waals surface area contributed by atoms with Crippen molar-refractivity contribution in [1.82, 2.24) is 5.32 Å². The molecule has 0 aliphatic carbocycles. The minimum atomic E-state index is -0.0680. The molecule has 102 valence electrons. The molecular weight excluding hydrogens is 245 g/mol. The number of thioether (sulfide) groups is 1. The van der Waals surface area contributed by atoms with E-state index in [2.05, 4.69) is 12.2 Å². The summed E-state index contributed by atoms with van der Waals surface area (Å²) >= 11 is 1.98. The van der Waals surface area contributed by atoms with Crippen LogP contribution in [-0.4, -0.2) is 25.1 Å². The first kappa shape index (κ1) is 15.5. The Morgan fingerprint density at radius 1 is 1.33 bits per heavy atom. The van der Waals surface area contributed by atoms with Crippen molar-refractivity contribution in [2.75, 3.05) is 25.1 Å². The van der Waals surface area contributed by atoms with Gasteiger partial charge in [0.25, 0.3) is 0 Å². The van der Waals surface area contributed by atoms with Gasteiger partial charge in [0, 0.05) is 0 Å². The molecule has 1 rings (SSSR count). The second-order valence-electron chi connectivity index (χ2n) is 4.56. The SMILES string of the molecule is CCSCCCC(CNC)Cc1ccccc1F. The number of halogens is 1. The van der Waals surface area contributed by atoms with Gasteiger partial charge in [-0.2, -0.15) is 11.8 Å². The first-order valence-corrected chi connectivity index (χ1v) is 7.89. The van der Waals surface area contributed by atoms with Crippen molar-refractivity contribution in [2.24, 2.45) is 5.92 Å². The van der Waals surface area contributed by atoms with Crippen molar-refractivity contribution in [3.8, 4) is 0 Å². The van der Waals surface area contributed by atoms with Gasteiger partial charge in [-0.15, -0.1) is 0 Å². The van der Waals surface area contributed by atoms with Crippen LogP contribution in [0.4, 0.5) is 4.39 Å². The molecule has 3 heteroatoms. The lowest BCUT2D eigenvalue weighted by Gasteiger charge is -2.16. The normalized spacial score (nSPS) is 12.6. The van der Waals surface area contributed by atoms with E-state index in [1.807, 2.05) is 30.9 Å². The van der Waals surface area contributed by atoms with Crippen molar-refractivity contribution < 1.29 is 4.39 Å². The summed E-state index contributed by atoms with van der Waals surface area (Å²) in [5.41, 5.74) is 0.848. The smallest absolute Gasteiger partial charge is 0.126 e. The van der Waals surface area contributed by atoms with Gasteiger partial charge in [0.1, 0.15) is 5.82 Å². The van der Waals surface area contributed by atoms with E-state index in [1.165, 1.54) is 24.3 Å². The van der Waals surface area contributed by atoms with Gasteiger partial charge in [-0.3, -0.25) is 0 Å². The number of benzene rings is 1. The van der Waals surface area contributed by atoms with E-state index >= 15 is 0 Å². The average molecular weight is 269 g/mol. The third kappa shape index (κ3) is 5.87. The van der Waals surface area contributed by atoms with Crippen LogP contribution < -0.4 is 5.32 Å². The number of nitrogens with one attached hydrogen (secondary N) is 1. The highest BCUT2D eigenvalue weighted by Gasteiger charge is 2.11. The monoisotopic (exact) mass is 269 g/mol. The minimum absolute atomic E-state index is 0.0680. The second kappa shape index (κ2) is 9.40. The fraction of sp³-hybridized carbons (Fsp3) is 0.600. The van der Waals surface area contributed by atoms with Crippen LogP contribution in [0.3, 0.4) is 0 Å². The Hall–Kier alpha value is -0.540. The number of hydrogen-bond donors (Lipinski definition) is 1. The molecule has 1 N–H and O–H groups in total. The Labute approximate surface area is 115 Å².